The van der Waals surface area contributed by atoms with Gasteiger partial charge in [0.2, 0.25) is 0 Å². The van der Waals surface area contributed by atoms with Crippen LogP contribution >= 0.6 is 11.6 Å². The summed E-state index contributed by atoms with van der Waals surface area (Å²) in [6, 6.07) is 15.3. The number of phenolic OH excluding ortho intramolecular Hbond substituents is 1. The summed E-state index contributed by atoms with van der Waals surface area (Å²) in [5.41, 5.74) is 2.09. The van der Waals surface area contributed by atoms with Crippen LogP contribution in [0.5, 0.6) is 5.75 Å². The molecule has 1 N–H and O–H groups in total. The summed E-state index contributed by atoms with van der Waals surface area (Å²) in [5.74, 6) is 0.549. The minimum absolute atomic E-state index is 0.549. The number of benzene rings is 2. The van der Waals surface area contributed by atoms with E-state index in [1.165, 1.54) is 5.56 Å². The fourth-order valence-electron chi connectivity index (χ4n) is 1.50. The number of hydrogen-bond acceptors (Lipinski definition) is 1. The van der Waals surface area contributed by atoms with Crippen molar-refractivity contribution in [1.29, 1.82) is 1.43 Å². The lowest BCUT2D eigenvalue weighted by atomic mass is 10.0. The van der Waals surface area contributed by atoms with Crippen molar-refractivity contribution in [3.8, 4) is 5.75 Å². The summed E-state index contributed by atoms with van der Waals surface area (Å²) < 4.78 is 6.98. The first-order valence-corrected chi connectivity index (χ1v) is 5.13. The zero-order valence-electron chi connectivity index (χ0n) is 9.11. The first-order chi connectivity index (χ1) is 7.79. The molecule has 0 saturated heterocycles. The van der Waals surface area contributed by atoms with Gasteiger partial charge in [-0.1, -0.05) is 41.9 Å². The smallest absolute Gasteiger partial charge is 0.293 e. The molecule has 0 fully saturated rings. The van der Waals surface area contributed by atoms with E-state index >= 15 is 0 Å². The van der Waals surface area contributed by atoms with Gasteiger partial charge in [0, 0.05) is 11.4 Å². The van der Waals surface area contributed by atoms with Crippen molar-refractivity contribution in [2.45, 2.75) is 6.42 Å². The molecule has 0 heterocycles. The van der Waals surface area contributed by atoms with E-state index in [1.54, 1.807) is 12.1 Å². The van der Waals surface area contributed by atoms with Crippen LogP contribution in [-0.2, 0) is 6.42 Å². The molecule has 2 rings (SSSR count). The third kappa shape index (κ3) is 2.51. The summed E-state index contributed by atoms with van der Waals surface area (Å²) >= 11 is 5.92. The zero-order chi connectivity index (χ0) is 11.4. The Morgan fingerprint density at radius 3 is 2.67 bits per heavy atom. The molecule has 1 nitrogen and oxygen atoms in total. The maximum absolute atomic E-state index is 6.98. The van der Waals surface area contributed by atoms with Gasteiger partial charge in [0.25, 0.3) is 1.43 Å². The van der Waals surface area contributed by atoms with Crippen molar-refractivity contribution in [2.24, 2.45) is 0 Å². The molecule has 0 amide bonds. The monoisotopic (exact) mass is 219 g/mol. The molecule has 0 radical (unpaired) electrons. The molecule has 0 aliphatic heterocycles. The largest absolute Gasteiger partial charge is 0.508 e. The first kappa shape index (κ1) is 8.81. The SMILES string of the molecule is [2H]Oc1ccc(Cl)cc1Cc1ccccc1. The summed E-state index contributed by atoms with van der Waals surface area (Å²) in [6.45, 7) is 0. The zero-order valence-corrected chi connectivity index (χ0v) is 8.87. The minimum atomic E-state index is 0.549. The van der Waals surface area contributed by atoms with E-state index in [-0.39, 0.29) is 0 Å². The van der Waals surface area contributed by atoms with Gasteiger partial charge in [-0.3, -0.25) is 0 Å². The van der Waals surface area contributed by atoms with Crippen LogP contribution in [0.15, 0.2) is 48.5 Å². The lowest BCUT2D eigenvalue weighted by Gasteiger charge is -2.05. The summed E-state index contributed by atoms with van der Waals surface area (Å²) in [5, 5.41) is 5.22. The molecule has 2 heteroatoms. The van der Waals surface area contributed by atoms with Crippen molar-refractivity contribution in [1.82, 2.24) is 0 Å². The number of rotatable bonds is 3. The average Bonchev–Trinajstić information content (AvgIpc) is 2.31. The Balaban J connectivity index is 2.30. The van der Waals surface area contributed by atoms with Gasteiger partial charge in [-0.15, -0.1) is 0 Å². The van der Waals surface area contributed by atoms with Crippen molar-refractivity contribution < 1.29 is 5.11 Å². The molecule has 2 aromatic carbocycles. The average molecular weight is 220 g/mol. The Hall–Kier alpha value is -1.47. The molecule has 0 aliphatic rings. The fraction of sp³-hybridized carbons (Fsp3) is 0.0769. The fourth-order valence-corrected chi connectivity index (χ4v) is 1.70. The second kappa shape index (κ2) is 4.37. The molecule has 2 aromatic rings. The van der Waals surface area contributed by atoms with Crippen molar-refractivity contribution in [3.05, 3.63) is 64.7 Å². The molecule has 0 aliphatic carbocycles. The summed E-state index contributed by atoms with van der Waals surface area (Å²) in [6.07, 6.45) is 0.718. The standard InChI is InChI=1S/C13H11ClO/c14-12-6-7-13(15)11(9-12)8-10-4-2-1-3-5-10/h1-7,9,15H,8H2/i/hD. The molecule has 0 saturated carbocycles. The second-order valence-corrected chi connectivity index (χ2v) is 3.85. The van der Waals surface area contributed by atoms with Crippen LogP contribution in [0.4, 0.5) is 0 Å². The van der Waals surface area contributed by atoms with Gasteiger partial charge in [-0.25, -0.2) is 0 Å². The highest BCUT2D eigenvalue weighted by molar-refractivity contribution is 6.30. The van der Waals surface area contributed by atoms with Gasteiger partial charge in [0.15, 0.2) is 0 Å². The van der Waals surface area contributed by atoms with Crippen molar-refractivity contribution >= 4 is 11.6 Å². The Morgan fingerprint density at radius 1 is 1.13 bits per heavy atom. The van der Waals surface area contributed by atoms with Gasteiger partial charge in [0.1, 0.15) is 5.75 Å². The minimum Gasteiger partial charge on any atom is -0.508 e. The third-order valence-electron chi connectivity index (χ3n) is 2.26. The molecule has 0 unspecified atom stereocenters. The van der Waals surface area contributed by atoms with Crippen molar-refractivity contribution in [2.75, 3.05) is 0 Å². The van der Waals surface area contributed by atoms with Gasteiger partial charge < -0.3 is 5.11 Å². The van der Waals surface area contributed by atoms with E-state index in [0.717, 1.165) is 12.0 Å². The van der Waals surface area contributed by atoms with Crippen molar-refractivity contribution in [3.63, 3.8) is 0 Å². The number of aromatic hydroxyl groups is 1. The first-order valence-electron chi connectivity index (χ1n) is 5.16. The highest BCUT2D eigenvalue weighted by atomic mass is 35.5. The van der Waals surface area contributed by atoms with Crippen LogP contribution in [-0.4, -0.2) is 6.54 Å². The van der Waals surface area contributed by atoms with E-state index in [4.69, 9.17) is 13.0 Å². The molecule has 0 spiro atoms. The van der Waals surface area contributed by atoms with E-state index in [9.17, 15) is 0 Å². The topological polar surface area (TPSA) is 20.2 Å². The molecular weight excluding hydrogens is 208 g/mol. The maximum Gasteiger partial charge on any atom is 0.293 e. The van der Waals surface area contributed by atoms with Gasteiger partial charge in [-0.2, -0.15) is 0 Å². The third-order valence-corrected chi connectivity index (χ3v) is 2.50. The molecule has 0 bridgehead atoms. The molecular formula is C13H11ClO. The highest BCUT2D eigenvalue weighted by Gasteiger charge is 2.02. The normalized spacial score (nSPS) is 10.9. The lowest BCUT2D eigenvalue weighted by molar-refractivity contribution is 0.469. The van der Waals surface area contributed by atoms with E-state index < -0.39 is 0 Å². The highest BCUT2D eigenvalue weighted by Crippen LogP contribution is 2.23. The van der Waals surface area contributed by atoms with Gasteiger partial charge in [-0.05, 0) is 29.3 Å². The van der Waals surface area contributed by atoms with Crippen LogP contribution in [0.25, 0.3) is 0 Å². The van der Waals surface area contributed by atoms with E-state index in [2.05, 4.69) is 5.11 Å². The number of phenols is 1. The summed E-state index contributed by atoms with van der Waals surface area (Å²) in [4.78, 5) is 0. The van der Waals surface area contributed by atoms with Crippen LogP contribution in [0.3, 0.4) is 0 Å². The van der Waals surface area contributed by atoms with E-state index in [1.807, 2.05) is 36.4 Å². The quantitative estimate of drug-likeness (QED) is 0.836. The Morgan fingerprint density at radius 2 is 1.93 bits per heavy atom. The van der Waals surface area contributed by atoms with Gasteiger partial charge >= 0.3 is 0 Å². The van der Waals surface area contributed by atoms with E-state index in [0.29, 0.717) is 10.8 Å². The van der Waals surface area contributed by atoms with Crippen LogP contribution < -0.4 is 0 Å². The Kier molecular flexibility index (Phi) is 2.56. The lowest BCUT2D eigenvalue weighted by Crippen LogP contribution is -1.88. The predicted octanol–water partition coefficient (Wildman–Crippen LogP) is 3.64. The van der Waals surface area contributed by atoms with Crippen LogP contribution in [0, 0.1) is 0 Å². The van der Waals surface area contributed by atoms with Gasteiger partial charge in [0.05, 0.1) is 0 Å². The molecule has 15 heavy (non-hydrogen) atoms. The van der Waals surface area contributed by atoms with Crippen LogP contribution in [0.1, 0.15) is 11.1 Å². The number of hydrogen-bond donors (Lipinski definition) is 1. The summed E-state index contributed by atoms with van der Waals surface area (Å²) in [7, 11) is 0. The second-order valence-electron chi connectivity index (χ2n) is 3.41. The molecule has 76 valence electrons. The Labute approximate surface area is 95.4 Å². The predicted molar refractivity (Wildman–Crippen MR) is 62.4 cm³/mol. The molecule has 0 atom stereocenters. The van der Waals surface area contributed by atoms with Crippen LogP contribution in [0.2, 0.25) is 5.02 Å². The number of halogens is 1. The molecule has 0 aromatic heterocycles. The maximum atomic E-state index is 6.98. The Bertz CT molecular complexity index is 471.